The minimum absolute atomic E-state index is 0.0230. The lowest BCUT2D eigenvalue weighted by molar-refractivity contribution is 0.0287. The third kappa shape index (κ3) is 9.29. The van der Waals surface area contributed by atoms with Crippen LogP contribution < -0.4 is 18.9 Å². The third-order valence-electron chi connectivity index (χ3n) is 9.31. The number of aryl methyl sites for hydroxylation is 1. The number of carbonyl (C=O) groups is 1. The van der Waals surface area contributed by atoms with Gasteiger partial charge in [-0.2, -0.15) is 5.26 Å². The number of nitriles is 1. The van der Waals surface area contributed by atoms with Gasteiger partial charge in [-0.3, -0.25) is 4.98 Å². The number of rotatable bonds is 11. The van der Waals surface area contributed by atoms with E-state index in [2.05, 4.69) is 36.2 Å². The molecule has 9 nitrogen and oxygen atoms in total. The maximum atomic E-state index is 12.6. The van der Waals surface area contributed by atoms with Crippen LogP contribution in [0.5, 0.6) is 23.0 Å². The number of nitrogens with zero attached hydrogens (tertiary/aromatic N) is 3. The maximum absolute atomic E-state index is 12.6. The first-order valence-electron chi connectivity index (χ1n) is 17.9. The molecule has 2 aliphatic heterocycles. The standard InChI is InChI=1S/C42H46ClN3O6/c1-27-24-48-40-18-32(12-13-37(40)51-27)35-11-7-10-34(28(35)2)26-50-39-19-38(49-25-31-16-30(20-44)21-45-22-31)33(17-36(39)43)9-6-8-29-14-15-46(23-29)41(47)52-42(3,4)5/h7,10-13,16-19,21-22,27,29H,6,8-9,14-15,23-26H2,1-5H3/t27?,29-/m1/s1. The highest BCUT2D eigenvalue weighted by molar-refractivity contribution is 6.32. The van der Waals surface area contributed by atoms with Crippen molar-refractivity contribution in [3.63, 3.8) is 0 Å². The van der Waals surface area contributed by atoms with E-state index in [0.29, 0.717) is 54.3 Å². The molecule has 0 N–H and O–H groups in total. The fraction of sp³-hybridized carbons (Fsp3) is 0.405. The monoisotopic (exact) mass is 723 g/mol. The molecule has 6 rings (SSSR count). The normalized spacial score (nSPS) is 16.7. The van der Waals surface area contributed by atoms with Crippen LogP contribution in [0.25, 0.3) is 11.1 Å². The van der Waals surface area contributed by atoms with Crippen LogP contribution in [0.15, 0.2) is 67.0 Å². The molecular formula is C42H46ClN3O6. The quantitative estimate of drug-likeness (QED) is 0.151. The molecule has 52 heavy (non-hydrogen) atoms. The molecule has 2 atom stereocenters. The van der Waals surface area contributed by atoms with Crippen molar-refractivity contribution in [1.82, 2.24) is 9.88 Å². The van der Waals surface area contributed by atoms with E-state index in [0.717, 1.165) is 70.6 Å². The van der Waals surface area contributed by atoms with E-state index in [1.807, 2.05) is 62.9 Å². The summed E-state index contributed by atoms with van der Waals surface area (Å²) < 4.78 is 30.2. The second-order valence-corrected chi connectivity index (χ2v) is 15.0. The van der Waals surface area contributed by atoms with Gasteiger partial charge in [0.1, 0.15) is 49.1 Å². The van der Waals surface area contributed by atoms with E-state index in [1.165, 1.54) is 6.20 Å². The van der Waals surface area contributed by atoms with E-state index in [-0.39, 0.29) is 18.8 Å². The highest BCUT2D eigenvalue weighted by atomic mass is 35.5. The molecule has 10 heteroatoms. The largest absolute Gasteiger partial charge is 0.488 e. The van der Waals surface area contributed by atoms with Crippen molar-refractivity contribution in [3.05, 3.63) is 99.8 Å². The van der Waals surface area contributed by atoms with Gasteiger partial charge in [-0.05, 0) is 118 Å². The number of halogens is 1. The molecule has 1 amide bonds. The van der Waals surface area contributed by atoms with Crippen LogP contribution in [0.4, 0.5) is 4.79 Å². The highest BCUT2D eigenvalue weighted by Crippen LogP contribution is 2.39. The average molecular weight is 724 g/mol. The van der Waals surface area contributed by atoms with Gasteiger partial charge in [0.15, 0.2) is 11.5 Å². The van der Waals surface area contributed by atoms with Gasteiger partial charge in [0.05, 0.1) is 10.6 Å². The Kier molecular flexibility index (Phi) is 11.5. The second-order valence-electron chi connectivity index (χ2n) is 14.6. The van der Waals surface area contributed by atoms with Crippen molar-refractivity contribution in [2.75, 3.05) is 19.7 Å². The van der Waals surface area contributed by atoms with E-state index in [4.69, 9.17) is 35.3 Å². The summed E-state index contributed by atoms with van der Waals surface area (Å²) in [6.07, 6.45) is 6.55. The van der Waals surface area contributed by atoms with E-state index in [9.17, 15) is 10.1 Å². The van der Waals surface area contributed by atoms with Gasteiger partial charge < -0.3 is 28.6 Å². The van der Waals surface area contributed by atoms with Crippen molar-refractivity contribution in [2.45, 2.75) is 85.2 Å². The van der Waals surface area contributed by atoms with Crippen LogP contribution in [-0.2, 0) is 24.4 Å². The molecule has 2 aliphatic rings. The van der Waals surface area contributed by atoms with Crippen LogP contribution >= 0.6 is 11.6 Å². The number of carbonyl (C=O) groups excluding carboxylic acids is 1. The summed E-state index contributed by atoms with van der Waals surface area (Å²) in [6, 6.07) is 19.9. The molecule has 3 aromatic carbocycles. The predicted molar refractivity (Wildman–Crippen MR) is 200 cm³/mol. The minimum atomic E-state index is -0.512. The molecule has 3 heterocycles. The maximum Gasteiger partial charge on any atom is 0.410 e. The number of fused-ring (bicyclic) bond motifs is 1. The molecule has 1 unspecified atom stereocenters. The highest BCUT2D eigenvalue weighted by Gasteiger charge is 2.29. The predicted octanol–water partition coefficient (Wildman–Crippen LogP) is 9.48. The summed E-state index contributed by atoms with van der Waals surface area (Å²) in [5.41, 5.74) is 5.97. The molecule has 0 saturated carbocycles. The summed E-state index contributed by atoms with van der Waals surface area (Å²) in [4.78, 5) is 18.6. The molecule has 0 spiro atoms. The molecule has 272 valence electrons. The van der Waals surface area contributed by atoms with Gasteiger partial charge in [0, 0.05) is 37.1 Å². The first kappa shape index (κ1) is 36.8. The number of pyridine rings is 1. The molecule has 0 bridgehead atoms. The van der Waals surface area contributed by atoms with Crippen molar-refractivity contribution < 1.29 is 28.5 Å². The zero-order valence-electron chi connectivity index (χ0n) is 30.5. The van der Waals surface area contributed by atoms with Gasteiger partial charge in [0.25, 0.3) is 0 Å². The van der Waals surface area contributed by atoms with Crippen molar-refractivity contribution in [1.29, 1.82) is 5.26 Å². The summed E-state index contributed by atoms with van der Waals surface area (Å²) in [7, 11) is 0. The van der Waals surface area contributed by atoms with Crippen LogP contribution in [-0.4, -0.2) is 47.4 Å². The summed E-state index contributed by atoms with van der Waals surface area (Å²) in [5, 5.41) is 9.85. The van der Waals surface area contributed by atoms with Crippen LogP contribution in [0.3, 0.4) is 0 Å². The Hall–Kier alpha value is -4.94. The Morgan fingerprint density at radius 3 is 2.67 bits per heavy atom. The lowest BCUT2D eigenvalue weighted by atomic mass is 9.96. The number of hydrogen-bond acceptors (Lipinski definition) is 8. The molecule has 1 saturated heterocycles. The summed E-state index contributed by atoms with van der Waals surface area (Å²) in [5.74, 6) is 3.09. The fourth-order valence-corrected chi connectivity index (χ4v) is 6.84. The molecular weight excluding hydrogens is 678 g/mol. The lowest BCUT2D eigenvalue weighted by Gasteiger charge is -2.24. The number of hydrogen-bond donors (Lipinski definition) is 0. The molecule has 0 aliphatic carbocycles. The number of likely N-dealkylation sites (tertiary alicyclic amines) is 1. The van der Waals surface area contributed by atoms with Gasteiger partial charge in [-0.1, -0.05) is 35.9 Å². The number of amides is 1. The van der Waals surface area contributed by atoms with Crippen LogP contribution in [0.1, 0.15) is 74.8 Å². The first-order valence-corrected chi connectivity index (χ1v) is 18.3. The summed E-state index contributed by atoms with van der Waals surface area (Å²) >= 11 is 6.87. The molecule has 0 radical (unpaired) electrons. The zero-order valence-corrected chi connectivity index (χ0v) is 31.3. The number of benzene rings is 3. The molecule has 1 aromatic heterocycles. The van der Waals surface area contributed by atoms with Gasteiger partial charge in [-0.25, -0.2) is 4.79 Å². The molecule has 1 fully saturated rings. The van der Waals surface area contributed by atoms with Gasteiger partial charge >= 0.3 is 6.09 Å². The van der Waals surface area contributed by atoms with Crippen LogP contribution in [0, 0.1) is 24.2 Å². The number of ether oxygens (including phenoxy) is 5. The summed E-state index contributed by atoms with van der Waals surface area (Å²) in [6.45, 7) is 12.2. The Bertz CT molecular complexity index is 1950. The van der Waals surface area contributed by atoms with Gasteiger partial charge in [-0.15, -0.1) is 0 Å². The third-order valence-corrected chi connectivity index (χ3v) is 9.61. The molecule has 4 aromatic rings. The zero-order chi connectivity index (χ0) is 36.8. The topological polar surface area (TPSA) is 103 Å². The average Bonchev–Trinajstić information content (AvgIpc) is 3.60. The van der Waals surface area contributed by atoms with Crippen molar-refractivity contribution >= 4 is 17.7 Å². The Labute approximate surface area is 311 Å². The Morgan fingerprint density at radius 2 is 1.87 bits per heavy atom. The minimum Gasteiger partial charge on any atom is -0.488 e. The number of aromatic nitrogens is 1. The lowest BCUT2D eigenvalue weighted by Crippen LogP contribution is -2.35. The smallest absolute Gasteiger partial charge is 0.410 e. The van der Waals surface area contributed by atoms with Crippen molar-refractivity contribution in [2.24, 2.45) is 5.92 Å². The van der Waals surface area contributed by atoms with Crippen molar-refractivity contribution in [3.8, 4) is 40.2 Å². The second kappa shape index (κ2) is 16.2. The van der Waals surface area contributed by atoms with Gasteiger partial charge in [0.2, 0.25) is 0 Å². The van der Waals surface area contributed by atoms with E-state index >= 15 is 0 Å². The fourth-order valence-electron chi connectivity index (χ4n) is 6.60. The van der Waals surface area contributed by atoms with E-state index in [1.54, 1.807) is 12.3 Å². The van der Waals surface area contributed by atoms with Crippen LogP contribution in [0.2, 0.25) is 5.02 Å². The Morgan fingerprint density at radius 1 is 1.04 bits per heavy atom. The SMILES string of the molecule is Cc1c(COc2cc(OCc3cncc(C#N)c3)c(CCC[C@@H]3CCN(C(=O)OC(C)(C)C)C3)cc2Cl)cccc1-c1ccc2c(c1)OCC(C)O2. The van der Waals surface area contributed by atoms with E-state index < -0.39 is 5.60 Å². The Balaban J connectivity index is 1.15. The first-order chi connectivity index (χ1) is 25.0.